The molecule has 0 radical (unpaired) electrons. The van der Waals surface area contributed by atoms with Gasteiger partial charge in [0.15, 0.2) is 0 Å². The predicted molar refractivity (Wildman–Crippen MR) is 76.3 cm³/mol. The number of hydrogen-bond acceptors (Lipinski definition) is 5. The number of aryl methyl sites for hydroxylation is 1. The van der Waals surface area contributed by atoms with Gasteiger partial charge >= 0.3 is 0 Å². The van der Waals surface area contributed by atoms with Gasteiger partial charge in [-0.1, -0.05) is 18.2 Å². The number of ether oxygens (including phenoxy) is 1. The van der Waals surface area contributed by atoms with Crippen LogP contribution in [0.1, 0.15) is 23.1 Å². The van der Waals surface area contributed by atoms with E-state index >= 15 is 0 Å². The minimum Gasteiger partial charge on any atom is -0.491 e. The maximum atomic E-state index is 12.5. The fourth-order valence-corrected chi connectivity index (χ4v) is 3.81. The van der Waals surface area contributed by atoms with Gasteiger partial charge < -0.3 is 14.9 Å². The molecule has 1 aromatic heterocycles. The minimum absolute atomic E-state index is 0.118. The van der Waals surface area contributed by atoms with Crippen molar-refractivity contribution in [2.75, 3.05) is 6.61 Å². The zero-order chi connectivity index (χ0) is 15.0. The van der Waals surface area contributed by atoms with Crippen molar-refractivity contribution in [3.63, 3.8) is 0 Å². The van der Waals surface area contributed by atoms with Crippen molar-refractivity contribution in [2.24, 2.45) is 5.73 Å². The largest absolute Gasteiger partial charge is 0.491 e. The van der Waals surface area contributed by atoms with Crippen LogP contribution in [0, 0.1) is 6.92 Å². The van der Waals surface area contributed by atoms with Crippen LogP contribution in [0.2, 0.25) is 0 Å². The summed E-state index contributed by atoms with van der Waals surface area (Å²) in [6.45, 7) is 2.04. The first-order chi connectivity index (χ1) is 10.0. The van der Waals surface area contributed by atoms with Gasteiger partial charge in [-0.15, -0.1) is 0 Å². The van der Waals surface area contributed by atoms with E-state index in [2.05, 4.69) is 4.72 Å². The lowest BCUT2D eigenvalue weighted by molar-refractivity contribution is 0.325. The van der Waals surface area contributed by atoms with Gasteiger partial charge in [0, 0.05) is 11.6 Å². The molecule has 0 saturated carbocycles. The van der Waals surface area contributed by atoms with Gasteiger partial charge in [-0.05, 0) is 13.0 Å². The average Bonchev–Trinajstić information content (AvgIpc) is 3.03. The van der Waals surface area contributed by atoms with Crippen LogP contribution in [0.4, 0.5) is 0 Å². The number of nitrogens with two attached hydrogens (primary N) is 1. The van der Waals surface area contributed by atoms with Crippen LogP contribution in [0.3, 0.4) is 0 Å². The molecule has 0 fully saturated rings. The highest BCUT2D eigenvalue weighted by Crippen LogP contribution is 2.33. The van der Waals surface area contributed by atoms with Crippen molar-refractivity contribution in [3.8, 4) is 5.75 Å². The molecule has 1 unspecified atom stereocenters. The molecule has 2 aromatic rings. The molecule has 0 amide bonds. The third-order valence-corrected chi connectivity index (χ3v) is 4.99. The summed E-state index contributed by atoms with van der Waals surface area (Å²) in [6, 6.07) is 8.43. The lowest BCUT2D eigenvalue weighted by Crippen LogP contribution is -2.29. The Kier molecular flexibility index (Phi) is 3.48. The van der Waals surface area contributed by atoms with E-state index in [0.29, 0.717) is 17.3 Å². The van der Waals surface area contributed by atoms with E-state index in [1.165, 1.54) is 6.07 Å². The number of sulfonamides is 1. The van der Waals surface area contributed by atoms with E-state index in [1.54, 1.807) is 6.92 Å². The summed E-state index contributed by atoms with van der Waals surface area (Å²) in [4.78, 5) is 0.118. The number of rotatable bonds is 4. The molecule has 1 aliphatic rings. The molecule has 0 spiro atoms. The summed E-state index contributed by atoms with van der Waals surface area (Å²) >= 11 is 0. The molecule has 3 N–H and O–H groups in total. The number of furan rings is 1. The Bertz CT molecular complexity index is 767. The van der Waals surface area contributed by atoms with Crippen molar-refractivity contribution >= 4 is 10.0 Å². The number of hydrogen-bond donors (Lipinski definition) is 2. The van der Waals surface area contributed by atoms with E-state index in [1.807, 2.05) is 24.3 Å². The van der Waals surface area contributed by atoms with Crippen molar-refractivity contribution in [1.82, 2.24) is 4.72 Å². The summed E-state index contributed by atoms with van der Waals surface area (Å²) in [6.07, 6.45) is 0. The third-order valence-electron chi connectivity index (χ3n) is 3.41. The fourth-order valence-electron chi connectivity index (χ4n) is 2.40. The molecule has 7 heteroatoms. The Balaban J connectivity index is 1.89. The summed E-state index contributed by atoms with van der Waals surface area (Å²) < 4.78 is 38.4. The van der Waals surface area contributed by atoms with E-state index < -0.39 is 16.1 Å². The zero-order valence-corrected chi connectivity index (χ0v) is 12.3. The number of para-hydroxylation sites is 1. The number of benzene rings is 1. The van der Waals surface area contributed by atoms with Crippen molar-refractivity contribution in [3.05, 3.63) is 47.4 Å². The second-order valence-corrected chi connectivity index (χ2v) is 6.54. The Morgan fingerprint density at radius 2 is 2.14 bits per heavy atom. The predicted octanol–water partition coefficient (Wildman–Crippen LogP) is 1.46. The van der Waals surface area contributed by atoms with E-state index in [4.69, 9.17) is 14.9 Å². The number of fused-ring (bicyclic) bond motifs is 1. The SMILES string of the molecule is Cc1oc(CN)cc1S(=O)(=O)NC1COc2ccccc21. The summed E-state index contributed by atoms with van der Waals surface area (Å²) in [7, 11) is -3.69. The molecule has 0 bridgehead atoms. The minimum atomic E-state index is -3.69. The maximum absolute atomic E-state index is 12.5. The molecule has 2 heterocycles. The normalized spacial score (nSPS) is 17.5. The molecular formula is C14H16N2O4S. The lowest BCUT2D eigenvalue weighted by Gasteiger charge is -2.11. The molecule has 1 aliphatic heterocycles. The maximum Gasteiger partial charge on any atom is 0.244 e. The topological polar surface area (TPSA) is 94.6 Å². The van der Waals surface area contributed by atoms with Gasteiger partial charge in [-0.2, -0.15) is 4.72 Å². The molecule has 3 rings (SSSR count). The summed E-state index contributed by atoms with van der Waals surface area (Å²) in [5.74, 6) is 1.47. The van der Waals surface area contributed by atoms with E-state index in [9.17, 15) is 8.42 Å². The van der Waals surface area contributed by atoms with Crippen molar-refractivity contribution in [1.29, 1.82) is 0 Å². The fraction of sp³-hybridized carbons (Fsp3) is 0.286. The second-order valence-electron chi connectivity index (χ2n) is 4.86. The van der Waals surface area contributed by atoms with Crippen LogP contribution < -0.4 is 15.2 Å². The summed E-state index contributed by atoms with van der Waals surface area (Å²) in [5, 5.41) is 0. The molecule has 0 saturated heterocycles. The standard InChI is InChI=1S/C14H16N2O4S/c1-9-14(6-10(7-15)20-9)21(17,18)16-12-8-19-13-5-3-2-4-11(12)13/h2-6,12,16H,7-8,15H2,1H3. The summed E-state index contributed by atoms with van der Waals surface area (Å²) in [5.41, 5.74) is 6.31. The van der Waals surface area contributed by atoms with Gasteiger partial charge in [0.1, 0.15) is 28.8 Å². The highest BCUT2D eigenvalue weighted by molar-refractivity contribution is 7.89. The monoisotopic (exact) mass is 308 g/mol. The van der Waals surface area contributed by atoms with Gasteiger partial charge in [-0.3, -0.25) is 0 Å². The van der Waals surface area contributed by atoms with Crippen LogP contribution in [0.5, 0.6) is 5.75 Å². The molecule has 6 nitrogen and oxygen atoms in total. The van der Waals surface area contributed by atoms with E-state index in [-0.39, 0.29) is 18.0 Å². The molecule has 1 atom stereocenters. The molecular weight excluding hydrogens is 292 g/mol. The van der Waals surface area contributed by atoms with Gasteiger partial charge in [0.25, 0.3) is 0 Å². The highest BCUT2D eigenvalue weighted by atomic mass is 32.2. The third kappa shape index (κ3) is 2.55. The first kappa shape index (κ1) is 14.1. The van der Waals surface area contributed by atoms with Crippen LogP contribution in [0.15, 0.2) is 39.6 Å². The van der Waals surface area contributed by atoms with Gasteiger partial charge in [-0.25, -0.2) is 8.42 Å². The van der Waals surface area contributed by atoms with Gasteiger partial charge in [0.2, 0.25) is 10.0 Å². The van der Waals surface area contributed by atoms with Crippen molar-refractivity contribution < 1.29 is 17.6 Å². The Labute approximate surface area is 123 Å². The van der Waals surface area contributed by atoms with Crippen LogP contribution in [0.25, 0.3) is 0 Å². The Hall–Kier alpha value is -1.83. The first-order valence-corrected chi connectivity index (χ1v) is 8.03. The first-order valence-electron chi connectivity index (χ1n) is 6.54. The molecule has 21 heavy (non-hydrogen) atoms. The van der Waals surface area contributed by atoms with Crippen LogP contribution >= 0.6 is 0 Å². The highest BCUT2D eigenvalue weighted by Gasteiger charge is 2.30. The number of nitrogens with one attached hydrogen (secondary N) is 1. The van der Waals surface area contributed by atoms with Gasteiger partial charge in [0.05, 0.1) is 12.6 Å². The lowest BCUT2D eigenvalue weighted by atomic mass is 10.1. The molecule has 112 valence electrons. The Morgan fingerprint density at radius 1 is 1.38 bits per heavy atom. The van der Waals surface area contributed by atoms with Crippen LogP contribution in [-0.2, 0) is 16.6 Å². The molecule has 1 aromatic carbocycles. The second kappa shape index (κ2) is 5.18. The smallest absolute Gasteiger partial charge is 0.244 e. The van der Waals surface area contributed by atoms with Crippen LogP contribution in [-0.4, -0.2) is 15.0 Å². The van der Waals surface area contributed by atoms with E-state index in [0.717, 1.165) is 5.56 Å². The average molecular weight is 308 g/mol. The zero-order valence-electron chi connectivity index (χ0n) is 11.5. The molecule has 0 aliphatic carbocycles. The van der Waals surface area contributed by atoms with Crippen molar-refractivity contribution in [2.45, 2.75) is 24.4 Å². The Morgan fingerprint density at radius 3 is 2.86 bits per heavy atom. The quantitative estimate of drug-likeness (QED) is 0.891.